The minimum atomic E-state index is -0.00394. The Balaban J connectivity index is 1.51. The van der Waals surface area contributed by atoms with Crippen molar-refractivity contribution in [2.75, 3.05) is 18.0 Å². The average Bonchev–Trinajstić information content (AvgIpc) is 3.07. The van der Waals surface area contributed by atoms with E-state index in [1.54, 1.807) is 16.4 Å². The number of rotatable bonds is 8. The van der Waals surface area contributed by atoms with E-state index < -0.39 is 0 Å². The lowest BCUT2D eigenvalue weighted by Gasteiger charge is -2.07. The minimum absolute atomic E-state index is 0.00394. The quantitative estimate of drug-likeness (QED) is 0.428. The van der Waals surface area contributed by atoms with Crippen LogP contribution in [-0.4, -0.2) is 28.0 Å². The summed E-state index contributed by atoms with van der Waals surface area (Å²) in [6, 6.07) is 17.9. The predicted octanol–water partition coefficient (Wildman–Crippen LogP) is 3.78. The highest BCUT2D eigenvalue weighted by Crippen LogP contribution is 2.23. The number of carbonyl (C=O) groups is 1. The number of nitriles is 1. The van der Waals surface area contributed by atoms with Crippen LogP contribution in [0.4, 0.5) is 5.82 Å². The van der Waals surface area contributed by atoms with E-state index >= 15 is 0 Å². The Bertz CT molecular complexity index is 1070. The molecule has 0 aliphatic heterocycles. The first-order chi connectivity index (χ1) is 14.5. The second-order valence-corrected chi connectivity index (χ2v) is 8.09. The molecule has 30 heavy (non-hydrogen) atoms. The smallest absolute Gasteiger partial charge is 0.230 e. The van der Waals surface area contributed by atoms with Crippen LogP contribution in [0, 0.1) is 25.2 Å². The summed E-state index contributed by atoms with van der Waals surface area (Å²) in [6.07, 6.45) is 1.25. The minimum Gasteiger partial charge on any atom is -0.382 e. The molecule has 0 saturated heterocycles. The van der Waals surface area contributed by atoms with Gasteiger partial charge in [-0.3, -0.25) is 4.79 Å². The number of carbonyl (C=O) groups excluding carboxylic acids is 1. The van der Waals surface area contributed by atoms with Crippen molar-refractivity contribution in [3.05, 3.63) is 70.9 Å². The highest BCUT2D eigenvalue weighted by molar-refractivity contribution is 8.00. The van der Waals surface area contributed by atoms with Gasteiger partial charge in [-0.05, 0) is 50.5 Å². The van der Waals surface area contributed by atoms with Gasteiger partial charge in [0.25, 0.3) is 0 Å². The third-order valence-electron chi connectivity index (χ3n) is 4.72. The summed E-state index contributed by atoms with van der Waals surface area (Å²) >= 11 is 1.55. The molecule has 1 amide bonds. The zero-order valence-electron chi connectivity index (χ0n) is 17.2. The van der Waals surface area contributed by atoms with Gasteiger partial charge in [-0.25, -0.2) is 4.68 Å². The molecule has 7 heteroatoms. The second-order valence-electron chi connectivity index (χ2n) is 7.08. The third kappa shape index (κ3) is 5.22. The third-order valence-corrected chi connectivity index (χ3v) is 5.88. The Morgan fingerprint density at radius 2 is 2.00 bits per heavy atom. The lowest BCUT2D eigenvalue weighted by Crippen LogP contribution is -2.26. The topological polar surface area (TPSA) is 96.7 Å². The molecule has 0 aliphatic carbocycles. The number of nitrogens with zero attached hydrogens (tertiary/aromatic N) is 3. The fourth-order valence-electron chi connectivity index (χ4n) is 3.08. The number of nitrogens with two attached hydrogens (primary N) is 1. The van der Waals surface area contributed by atoms with Gasteiger partial charge in [-0.15, -0.1) is 11.8 Å². The molecule has 0 radical (unpaired) electrons. The van der Waals surface area contributed by atoms with Gasteiger partial charge >= 0.3 is 0 Å². The molecule has 3 aromatic rings. The van der Waals surface area contributed by atoms with Gasteiger partial charge in [-0.1, -0.05) is 35.9 Å². The maximum atomic E-state index is 12.2. The highest BCUT2D eigenvalue weighted by atomic mass is 32.2. The van der Waals surface area contributed by atoms with Gasteiger partial charge in [0.1, 0.15) is 17.5 Å². The largest absolute Gasteiger partial charge is 0.382 e. The number of hydrogen-bond donors (Lipinski definition) is 2. The van der Waals surface area contributed by atoms with Crippen LogP contribution in [0.1, 0.15) is 28.8 Å². The van der Waals surface area contributed by atoms with E-state index in [2.05, 4.69) is 34.7 Å². The molecule has 1 aromatic heterocycles. The second kappa shape index (κ2) is 9.99. The molecule has 0 fully saturated rings. The molecule has 3 rings (SSSR count). The Labute approximate surface area is 181 Å². The van der Waals surface area contributed by atoms with E-state index in [0.717, 1.165) is 10.6 Å². The standard InChI is InChI=1S/C23H25N5OS/c1-16-10-11-17(2)21(13-16)30-15-22(29)26-12-6-9-20-19(14-24)23(25)28(27-20)18-7-4-3-5-8-18/h3-5,7-8,10-11,13H,6,9,12,15,25H2,1-2H3,(H,26,29). The van der Waals surface area contributed by atoms with Gasteiger partial charge in [0.15, 0.2) is 0 Å². The Hall–Kier alpha value is -3.24. The number of anilines is 1. The molecule has 154 valence electrons. The zero-order valence-corrected chi connectivity index (χ0v) is 18.0. The first-order valence-corrected chi connectivity index (χ1v) is 10.8. The van der Waals surface area contributed by atoms with Crippen LogP contribution in [0.15, 0.2) is 53.4 Å². The molecule has 0 bridgehead atoms. The molecular weight excluding hydrogens is 394 g/mol. The van der Waals surface area contributed by atoms with E-state index in [1.807, 2.05) is 44.2 Å². The molecule has 6 nitrogen and oxygen atoms in total. The van der Waals surface area contributed by atoms with Crippen LogP contribution in [-0.2, 0) is 11.2 Å². The molecule has 3 N–H and O–H groups in total. The summed E-state index contributed by atoms with van der Waals surface area (Å²) in [5.41, 5.74) is 10.3. The van der Waals surface area contributed by atoms with Gasteiger partial charge in [-0.2, -0.15) is 10.4 Å². The summed E-state index contributed by atoms with van der Waals surface area (Å²) in [6.45, 7) is 4.62. The molecule has 0 unspecified atom stereocenters. The number of benzene rings is 2. The van der Waals surface area contributed by atoms with Crippen LogP contribution in [0.2, 0.25) is 0 Å². The summed E-state index contributed by atoms with van der Waals surface area (Å²) in [5, 5.41) is 16.9. The van der Waals surface area contributed by atoms with E-state index in [0.29, 0.717) is 42.2 Å². The van der Waals surface area contributed by atoms with Crippen molar-refractivity contribution in [1.29, 1.82) is 5.26 Å². The molecule has 0 atom stereocenters. The van der Waals surface area contributed by atoms with Gasteiger partial charge in [0.05, 0.1) is 17.1 Å². The van der Waals surface area contributed by atoms with E-state index in [1.165, 1.54) is 11.1 Å². The average molecular weight is 420 g/mol. The predicted molar refractivity (Wildman–Crippen MR) is 121 cm³/mol. The number of aryl methyl sites for hydroxylation is 3. The normalized spacial score (nSPS) is 10.6. The first kappa shape index (κ1) is 21.5. The monoisotopic (exact) mass is 419 g/mol. The number of amides is 1. The summed E-state index contributed by atoms with van der Waals surface area (Å²) in [7, 11) is 0. The van der Waals surface area contributed by atoms with Crippen molar-refractivity contribution in [1.82, 2.24) is 15.1 Å². The number of hydrogen-bond acceptors (Lipinski definition) is 5. The summed E-state index contributed by atoms with van der Waals surface area (Å²) in [5.74, 6) is 0.715. The van der Waals surface area contributed by atoms with Crippen molar-refractivity contribution >= 4 is 23.5 Å². The number of nitrogens with one attached hydrogen (secondary N) is 1. The van der Waals surface area contributed by atoms with Crippen LogP contribution < -0.4 is 11.1 Å². The number of thioether (sulfide) groups is 1. The van der Waals surface area contributed by atoms with Crippen molar-refractivity contribution in [3.8, 4) is 11.8 Å². The Morgan fingerprint density at radius 3 is 2.73 bits per heavy atom. The van der Waals surface area contributed by atoms with Crippen LogP contribution in [0.25, 0.3) is 5.69 Å². The molecule has 0 aliphatic rings. The van der Waals surface area contributed by atoms with E-state index in [-0.39, 0.29) is 5.91 Å². The maximum absolute atomic E-state index is 12.2. The fourth-order valence-corrected chi connectivity index (χ4v) is 4.04. The SMILES string of the molecule is Cc1ccc(C)c(SCC(=O)NCCCc2nn(-c3ccccc3)c(N)c2C#N)c1. The number of para-hydroxylation sites is 1. The van der Waals surface area contributed by atoms with Crippen molar-refractivity contribution in [3.63, 3.8) is 0 Å². The van der Waals surface area contributed by atoms with E-state index in [9.17, 15) is 10.1 Å². The van der Waals surface area contributed by atoms with E-state index in [4.69, 9.17) is 5.73 Å². The number of nitrogen functional groups attached to an aromatic ring is 1. The van der Waals surface area contributed by atoms with Crippen molar-refractivity contribution in [2.45, 2.75) is 31.6 Å². The highest BCUT2D eigenvalue weighted by Gasteiger charge is 2.16. The molecular formula is C23H25N5OS. The first-order valence-electron chi connectivity index (χ1n) is 9.79. The van der Waals surface area contributed by atoms with Crippen LogP contribution in [0.5, 0.6) is 0 Å². The zero-order chi connectivity index (χ0) is 21.5. The van der Waals surface area contributed by atoms with Gasteiger partial charge in [0, 0.05) is 11.4 Å². The molecule has 1 heterocycles. The van der Waals surface area contributed by atoms with Gasteiger partial charge in [0.2, 0.25) is 5.91 Å². The Morgan fingerprint density at radius 1 is 1.23 bits per heavy atom. The maximum Gasteiger partial charge on any atom is 0.230 e. The summed E-state index contributed by atoms with van der Waals surface area (Å²) in [4.78, 5) is 13.3. The molecule has 0 spiro atoms. The van der Waals surface area contributed by atoms with Crippen molar-refractivity contribution < 1.29 is 4.79 Å². The van der Waals surface area contributed by atoms with Gasteiger partial charge < -0.3 is 11.1 Å². The lowest BCUT2D eigenvalue weighted by atomic mass is 10.1. The lowest BCUT2D eigenvalue weighted by molar-refractivity contribution is -0.118. The van der Waals surface area contributed by atoms with Crippen LogP contribution in [0.3, 0.4) is 0 Å². The van der Waals surface area contributed by atoms with Crippen LogP contribution >= 0.6 is 11.8 Å². The fraction of sp³-hybridized carbons (Fsp3) is 0.261. The molecule has 0 saturated carbocycles. The number of aromatic nitrogens is 2. The molecule has 2 aromatic carbocycles. The Kier molecular flexibility index (Phi) is 7.15. The van der Waals surface area contributed by atoms with Crippen molar-refractivity contribution in [2.24, 2.45) is 0 Å². The summed E-state index contributed by atoms with van der Waals surface area (Å²) < 4.78 is 1.59.